The van der Waals surface area contributed by atoms with Crippen molar-refractivity contribution >= 4 is 17.5 Å². The van der Waals surface area contributed by atoms with E-state index in [4.69, 9.17) is 21.1 Å². The van der Waals surface area contributed by atoms with Crippen LogP contribution in [0.3, 0.4) is 0 Å². The average molecular weight is 272 g/mol. The van der Waals surface area contributed by atoms with Gasteiger partial charge >= 0.3 is 0 Å². The monoisotopic (exact) mass is 271 g/mol. The third-order valence-electron chi connectivity index (χ3n) is 2.87. The van der Waals surface area contributed by atoms with Gasteiger partial charge in [0.2, 0.25) is 11.8 Å². The normalized spacial score (nSPS) is 27.9. The van der Waals surface area contributed by atoms with Crippen molar-refractivity contribution in [3.8, 4) is 5.88 Å². The highest BCUT2D eigenvalue weighted by atomic mass is 35.5. The van der Waals surface area contributed by atoms with Crippen LogP contribution < -0.4 is 10.1 Å². The van der Waals surface area contributed by atoms with Crippen LogP contribution in [0.15, 0.2) is 6.20 Å². The first kappa shape index (κ1) is 13.4. The smallest absolute Gasteiger partial charge is 0.237 e. The quantitative estimate of drug-likeness (QED) is 0.915. The molecule has 18 heavy (non-hydrogen) atoms. The van der Waals surface area contributed by atoms with E-state index in [1.165, 1.54) is 0 Å². The van der Waals surface area contributed by atoms with E-state index in [9.17, 15) is 0 Å². The maximum absolute atomic E-state index is 6.04. The van der Waals surface area contributed by atoms with Crippen LogP contribution in [0.1, 0.15) is 26.7 Å². The number of anilines is 1. The summed E-state index contributed by atoms with van der Waals surface area (Å²) in [6.45, 7) is 4.10. The second-order valence-electron chi connectivity index (χ2n) is 4.57. The van der Waals surface area contributed by atoms with Crippen molar-refractivity contribution in [2.75, 3.05) is 12.4 Å². The second kappa shape index (κ2) is 5.71. The first-order valence-corrected chi connectivity index (χ1v) is 6.48. The molecular formula is C12H18ClN3O2. The summed E-state index contributed by atoms with van der Waals surface area (Å²) in [5, 5.41) is 3.30. The van der Waals surface area contributed by atoms with Gasteiger partial charge in [-0.2, -0.15) is 4.98 Å². The Labute approximate surface area is 112 Å². The third-order valence-corrected chi connectivity index (χ3v) is 3.13. The molecule has 1 N–H and O–H groups in total. The van der Waals surface area contributed by atoms with Crippen molar-refractivity contribution < 1.29 is 9.47 Å². The Kier molecular flexibility index (Phi) is 4.24. The minimum atomic E-state index is 0.0841. The van der Waals surface area contributed by atoms with Crippen LogP contribution in [-0.4, -0.2) is 35.3 Å². The molecule has 1 aromatic heterocycles. The molecule has 0 saturated carbocycles. The molecule has 0 spiro atoms. The van der Waals surface area contributed by atoms with E-state index in [2.05, 4.69) is 15.3 Å². The van der Waals surface area contributed by atoms with E-state index >= 15 is 0 Å². The summed E-state index contributed by atoms with van der Waals surface area (Å²) in [5.74, 6) is 0.935. The van der Waals surface area contributed by atoms with Crippen molar-refractivity contribution in [1.82, 2.24) is 9.97 Å². The Morgan fingerprint density at radius 3 is 2.67 bits per heavy atom. The van der Waals surface area contributed by atoms with Gasteiger partial charge in [0, 0.05) is 19.9 Å². The number of rotatable bonds is 3. The number of nitrogens with zero attached hydrogens (tertiary/aromatic N) is 2. The van der Waals surface area contributed by atoms with Crippen molar-refractivity contribution in [3.05, 3.63) is 11.2 Å². The van der Waals surface area contributed by atoms with E-state index in [0.717, 1.165) is 12.8 Å². The molecule has 1 fully saturated rings. The lowest BCUT2D eigenvalue weighted by Crippen LogP contribution is -2.36. The first-order chi connectivity index (χ1) is 8.58. The summed E-state index contributed by atoms with van der Waals surface area (Å²) in [6.07, 6.45) is 3.72. The topological polar surface area (TPSA) is 56.3 Å². The maximum atomic E-state index is 6.04. The Balaban J connectivity index is 2.08. The fraction of sp³-hybridized carbons (Fsp3) is 0.667. The van der Waals surface area contributed by atoms with Crippen molar-refractivity contribution in [1.29, 1.82) is 0 Å². The Morgan fingerprint density at radius 1 is 1.39 bits per heavy atom. The zero-order valence-corrected chi connectivity index (χ0v) is 11.6. The predicted molar refractivity (Wildman–Crippen MR) is 70.2 cm³/mol. The van der Waals surface area contributed by atoms with Gasteiger partial charge in [0.1, 0.15) is 11.1 Å². The van der Waals surface area contributed by atoms with Crippen LogP contribution in [0.4, 0.5) is 5.95 Å². The van der Waals surface area contributed by atoms with Crippen molar-refractivity contribution in [2.45, 2.75) is 45.0 Å². The molecule has 2 heterocycles. The molecule has 0 amide bonds. The number of halogens is 1. The number of ether oxygens (including phenoxy) is 2. The van der Waals surface area contributed by atoms with Gasteiger partial charge in [-0.25, -0.2) is 4.98 Å². The van der Waals surface area contributed by atoms with Crippen LogP contribution in [0.2, 0.25) is 5.02 Å². The van der Waals surface area contributed by atoms with Crippen LogP contribution in [0.25, 0.3) is 0 Å². The fourth-order valence-electron chi connectivity index (χ4n) is 2.15. The van der Waals surface area contributed by atoms with Gasteiger partial charge in [-0.3, -0.25) is 0 Å². The summed E-state index contributed by atoms with van der Waals surface area (Å²) in [4.78, 5) is 8.24. The van der Waals surface area contributed by atoms with Crippen LogP contribution >= 0.6 is 11.6 Å². The van der Waals surface area contributed by atoms with E-state index in [0.29, 0.717) is 16.9 Å². The molecule has 1 aromatic rings. The zero-order chi connectivity index (χ0) is 13.1. The van der Waals surface area contributed by atoms with E-state index < -0.39 is 0 Å². The Bertz CT molecular complexity index is 406. The molecule has 1 saturated heterocycles. The summed E-state index contributed by atoms with van der Waals surface area (Å²) < 4.78 is 11.5. The van der Waals surface area contributed by atoms with Gasteiger partial charge in [-0.15, -0.1) is 0 Å². The predicted octanol–water partition coefficient (Wildman–Crippen LogP) is 2.51. The van der Waals surface area contributed by atoms with Gasteiger partial charge in [-0.05, 0) is 13.8 Å². The fourth-order valence-corrected chi connectivity index (χ4v) is 2.29. The maximum Gasteiger partial charge on any atom is 0.237 e. The SMILES string of the molecule is CNc1ncc(Cl)c(OC2CC(C)OC(C)C2)n1. The molecule has 2 atom stereocenters. The van der Waals surface area contributed by atoms with Crippen LogP contribution in [0, 0.1) is 0 Å². The molecule has 2 rings (SSSR count). The molecule has 1 aliphatic heterocycles. The molecule has 2 unspecified atom stereocenters. The number of hydrogen-bond acceptors (Lipinski definition) is 5. The summed E-state index contributed by atoms with van der Waals surface area (Å²) >= 11 is 6.04. The minimum absolute atomic E-state index is 0.0841. The highest BCUT2D eigenvalue weighted by Gasteiger charge is 2.26. The summed E-state index contributed by atoms with van der Waals surface area (Å²) in [7, 11) is 1.76. The van der Waals surface area contributed by atoms with E-state index in [-0.39, 0.29) is 18.3 Å². The molecule has 6 heteroatoms. The minimum Gasteiger partial charge on any atom is -0.473 e. The molecule has 0 radical (unpaired) electrons. The zero-order valence-electron chi connectivity index (χ0n) is 10.8. The molecule has 0 aromatic carbocycles. The lowest BCUT2D eigenvalue weighted by atomic mass is 10.0. The molecule has 100 valence electrons. The number of hydrogen-bond donors (Lipinski definition) is 1. The number of nitrogens with one attached hydrogen (secondary N) is 1. The highest BCUT2D eigenvalue weighted by molar-refractivity contribution is 6.31. The van der Waals surface area contributed by atoms with Crippen LogP contribution in [0.5, 0.6) is 5.88 Å². The van der Waals surface area contributed by atoms with Gasteiger partial charge in [-0.1, -0.05) is 11.6 Å². The molecule has 0 aliphatic carbocycles. The molecule has 1 aliphatic rings. The van der Waals surface area contributed by atoms with Gasteiger partial charge in [0.15, 0.2) is 0 Å². The standard InChI is InChI=1S/C12H18ClN3O2/c1-7-4-9(5-8(2)17-7)18-11-10(13)6-15-12(14-3)16-11/h6-9H,4-5H2,1-3H3,(H,14,15,16). The largest absolute Gasteiger partial charge is 0.473 e. The second-order valence-corrected chi connectivity index (χ2v) is 4.97. The lowest BCUT2D eigenvalue weighted by Gasteiger charge is -2.32. The van der Waals surface area contributed by atoms with Crippen molar-refractivity contribution in [3.63, 3.8) is 0 Å². The Hall–Kier alpha value is -1.07. The summed E-state index contributed by atoms with van der Waals surface area (Å²) in [6, 6.07) is 0. The molecular weight excluding hydrogens is 254 g/mol. The first-order valence-electron chi connectivity index (χ1n) is 6.11. The third kappa shape index (κ3) is 3.23. The van der Waals surface area contributed by atoms with Crippen molar-refractivity contribution in [2.24, 2.45) is 0 Å². The van der Waals surface area contributed by atoms with Crippen LogP contribution in [-0.2, 0) is 4.74 Å². The highest BCUT2D eigenvalue weighted by Crippen LogP contribution is 2.27. The van der Waals surface area contributed by atoms with Gasteiger partial charge in [0.25, 0.3) is 0 Å². The van der Waals surface area contributed by atoms with Gasteiger partial charge in [0.05, 0.1) is 18.4 Å². The molecule has 0 bridgehead atoms. The van der Waals surface area contributed by atoms with E-state index in [1.54, 1.807) is 13.2 Å². The lowest BCUT2D eigenvalue weighted by molar-refractivity contribution is -0.0729. The van der Waals surface area contributed by atoms with Gasteiger partial charge < -0.3 is 14.8 Å². The Morgan fingerprint density at radius 2 is 2.06 bits per heavy atom. The average Bonchev–Trinajstić information content (AvgIpc) is 2.30. The number of aromatic nitrogens is 2. The summed E-state index contributed by atoms with van der Waals surface area (Å²) in [5.41, 5.74) is 0. The molecule has 5 nitrogen and oxygen atoms in total. The van der Waals surface area contributed by atoms with E-state index in [1.807, 2.05) is 13.8 Å².